The molecule has 1 aliphatic rings. The van der Waals surface area contributed by atoms with Crippen LogP contribution in [0.4, 0.5) is 0 Å². The van der Waals surface area contributed by atoms with Gasteiger partial charge in [-0.25, -0.2) is 0 Å². The van der Waals surface area contributed by atoms with Gasteiger partial charge < -0.3 is 4.90 Å². The summed E-state index contributed by atoms with van der Waals surface area (Å²) in [6.45, 7) is 13.9. The molecule has 0 N–H and O–H groups in total. The Labute approximate surface area is 92.8 Å². The Hall–Kier alpha value is -1.50. The molecule has 0 spiro atoms. The zero-order valence-electron chi connectivity index (χ0n) is 9.45. The fourth-order valence-corrected chi connectivity index (χ4v) is 1.91. The van der Waals surface area contributed by atoms with E-state index < -0.39 is 0 Å². The van der Waals surface area contributed by atoms with Crippen LogP contribution in [0, 0.1) is 0 Å². The van der Waals surface area contributed by atoms with Gasteiger partial charge in [-0.15, -0.1) is 13.2 Å². The lowest BCUT2D eigenvalue weighted by Crippen LogP contribution is -2.41. The van der Waals surface area contributed by atoms with E-state index in [1.54, 1.807) is 0 Å². The second-order valence-electron chi connectivity index (χ2n) is 4.04. The average Bonchev–Trinajstić information content (AvgIpc) is 2.19. The number of allylic oxidation sites excluding steroid dienone is 3. The molecule has 0 saturated carbocycles. The maximum absolute atomic E-state index is 4.05. The topological polar surface area (TPSA) is 3.24 Å². The first-order valence-electron chi connectivity index (χ1n) is 5.19. The number of hydrogen-bond donors (Lipinski definition) is 0. The van der Waals surface area contributed by atoms with Crippen LogP contribution < -0.4 is 0 Å². The molecule has 0 aromatic heterocycles. The molecule has 0 amide bonds. The first-order valence-corrected chi connectivity index (χ1v) is 5.19. The summed E-state index contributed by atoms with van der Waals surface area (Å²) in [6.07, 6.45) is 13.8. The second-order valence-corrected chi connectivity index (χ2v) is 4.04. The van der Waals surface area contributed by atoms with Crippen LogP contribution in [-0.4, -0.2) is 10.4 Å². The summed E-state index contributed by atoms with van der Waals surface area (Å²) < 4.78 is 0. The molecular formula is C14H19N. The Bertz CT molecular complexity index is 310. The van der Waals surface area contributed by atoms with Crippen molar-refractivity contribution in [1.29, 1.82) is 0 Å². The molecule has 80 valence electrons. The van der Waals surface area contributed by atoms with Gasteiger partial charge in [0.2, 0.25) is 0 Å². The Kier molecular flexibility index (Phi) is 3.73. The summed E-state index contributed by atoms with van der Waals surface area (Å²) in [5.74, 6) is 0. The second kappa shape index (κ2) is 4.83. The highest BCUT2D eigenvalue weighted by atomic mass is 15.2. The van der Waals surface area contributed by atoms with Gasteiger partial charge >= 0.3 is 0 Å². The van der Waals surface area contributed by atoms with Crippen LogP contribution in [0.3, 0.4) is 0 Å². The van der Waals surface area contributed by atoms with Gasteiger partial charge in [0.1, 0.15) is 0 Å². The van der Waals surface area contributed by atoms with Crippen molar-refractivity contribution < 1.29 is 0 Å². The summed E-state index contributed by atoms with van der Waals surface area (Å²) in [5, 5.41) is 0. The van der Waals surface area contributed by atoms with Crippen LogP contribution in [0.15, 0.2) is 62.0 Å². The minimum atomic E-state index is 0.00183. The zero-order chi connectivity index (χ0) is 11.3. The Morgan fingerprint density at radius 2 is 1.87 bits per heavy atom. The fraction of sp³-hybridized carbons (Fsp3) is 0.286. The van der Waals surface area contributed by atoms with E-state index >= 15 is 0 Å². The van der Waals surface area contributed by atoms with Crippen molar-refractivity contribution in [2.75, 3.05) is 0 Å². The van der Waals surface area contributed by atoms with Crippen LogP contribution in [-0.2, 0) is 0 Å². The zero-order valence-corrected chi connectivity index (χ0v) is 9.45. The molecule has 0 fully saturated rings. The molecule has 0 atom stereocenters. The highest BCUT2D eigenvalue weighted by Gasteiger charge is 2.28. The highest BCUT2D eigenvalue weighted by molar-refractivity contribution is 5.28. The van der Waals surface area contributed by atoms with E-state index in [1.807, 2.05) is 30.4 Å². The van der Waals surface area contributed by atoms with Crippen LogP contribution in [0.1, 0.15) is 19.8 Å². The summed E-state index contributed by atoms with van der Waals surface area (Å²) in [5.41, 5.74) is 1.02. The maximum Gasteiger partial charge on any atom is 0.0485 e. The van der Waals surface area contributed by atoms with Crippen LogP contribution >= 0.6 is 0 Å². The predicted octanol–water partition coefficient (Wildman–Crippen LogP) is 3.80. The van der Waals surface area contributed by atoms with Crippen molar-refractivity contribution in [1.82, 2.24) is 4.90 Å². The normalized spacial score (nSPS) is 15.5. The summed E-state index contributed by atoms with van der Waals surface area (Å²) in [7, 11) is 0. The van der Waals surface area contributed by atoms with Gasteiger partial charge in [0.05, 0.1) is 0 Å². The lowest BCUT2D eigenvalue weighted by Gasteiger charge is -2.41. The van der Waals surface area contributed by atoms with E-state index in [9.17, 15) is 0 Å². The SMILES string of the molecule is C=CCC(C)(CC=C)N1C=CC=CC1=C. The third kappa shape index (κ3) is 2.50. The van der Waals surface area contributed by atoms with E-state index in [4.69, 9.17) is 0 Å². The first kappa shape index (κ1) is 11.6. The minimum Gasteiger partial charge on any atom is -0.342 e. The van der Waals surface area contributed by atoms with E-state index in [1.165, 1.54) is 0 Å². The number of hydrogen-bond acceptors (Lipinski definition) is 1. The molecule has 1 aliphatic heterocycles. The Balaban J connectivity index is 2.92. The van der Waals surface area contributed by atoms with Crippen LogP contribution in [0.2, 0.25) is 0 Å². The number of nitrogens with zero attached hydrogens (tertiary/aromatic N) is 1. The Morgan fingerprint density at radius 1 is 1.27 bits per heavy atom. The average molecular weight is 201 g/mol. The quantitative estimate of drug-likeness (QED) is 0.612. The van der Waals surface area contributed by atoms with Crippen molar-refractivity contribution in [2.45, 2.75) is 25.3 Å². The van der Waals surface area contributed by atoms with Gasteiger partial charge in [0, 0.05) is 17.4 Å². The van der Waals surface area contributed by atoms with E-state index in [0.717, 1.165) is 18.5 Å². The molecule has 0 aliphatic carbocycles. The summed E-state index contributed by atoms with van der Waals surface area (Å²) in [4.78, 5) is 2.19. The molecule has 0 bridgehead atoms. The fourth-order valence-electron chi connectivity index (χ4n) is 1.91. The molecule has 0 saturated heterocycles. The largest absolute Gasteiger partial charge is 0.342 e. The molecule has 1 rings (SSSR count). The molecule has 0 aromatic carbocycles. The van der Waals surface area contributed by atoms with Crippen LogP contribution in [0.5, 0.6) is 0 Å². The summed E-state index contributed by atoms with van der Waals surface area (Å²) in [6, 6.07) is 0. The van der Waals surface area contributed by atoms with Crippen molar-refractivity contribution in [3.05, 3.63) is 62.0 Å². The lowest BCUT2D eigenvalue weighted by atomic mass is 9.90. The van der Waals surface area contributed by atoms with E-state index in [2.05, 4.69) is 37.8 Å². The van der Waals surface area contributed by atoms with Gasteiger partial charge in [0.25, 0.3) is 0 Å². The monoisotopic (exact) mass is 201 g/mol. The highest BCUT2D eigenvalue weighted by Crippen LogP contribution is 2.30. The standard InChI is InChI=1S/C14H19N/c1-5-10-14(4,11-6-2)15-12-8-7-9-13(15)3/h5-9,12H,1-3,10-11H2,4H3. The summed E-state index contributed by atoms with van der Waals surface area (Å²) >= 11 is 0. The van der Waals surface area contributed by atoms with Crippen molar-refractivity contribution >= 4 is 0 Å². The van der Waals surface area contributed by atoms with Gasteiger partial charge in [-0.2, -0.15) is 0 Å². The lowest BCUT2D eigenvalue weighted by molar-refractivity contribution is 0.219. The van der Waals surface area contributed by atoms with Gasteiger partial charge in [-0.1, -0.05) is 24.8 Å². The smallest absolute Gasteiger partial charge is 0.0485 e. The first-order chi connectivity index (χ1) is 7.14. The van der Waals surface area contributed by atoms with Gasteiger partial charge in [-0.05, 0) is 31.9 Å². The van der Waals surface area contributed by atoms with Gasteiger partial charge in [-0.3, -0.25) is 0 Å². The molecule has 1 nitrogen and oxygen atoms in total. The number of rotatable bonds is 5. The minimum absolute atomic E-state index is 0.00183. The van der Waals surface area contributed by atoms with E-state index in [0.29, 0.717) is 0 Å². The van der Waals surface area contributed by atoms with Crippen molar-refractivity contribution in [3.8, 4) is 0 Å². The third-order valence-corrected chi connectivity index (χ3v) is 2.69. The molecule has 0 unspecified atom stereocenters. The van der Waals surface area contributed by atoms with Gasteiger partial charge in [0.15, 0.2) is 0 Å². The predicted molar refractivity (Wildman–Crippen MR) is 67.3 cm³/mol. The molecular weight excluding hydrogens is 182 g/mol. The van der Waals surface area contributed by atoms with Crippen LogP contribution in [0.25, 0.3) is 0 Å². The molecule has 1 heteroatoms. The maximum atomic E-state index is 4.05. The van der Waals surface area contributed by atoms with Crippen molar-refractivity contribution in [2.24, 2.45) is 0 Å². The third-order valence-electron chi connectivity index (χ3n) is 2.69. The Morgan fingerprint density at radius 3 is 2.33 bits per heavy atom. The van der Waals surface area contributed by atoms with Crippen molar-refractivity contribution in [3.63, 3.8) is 0 Å². The van der Waals surface area contributed by atoms with E-state index in [-0.39, 0.29) is 5.54 Å². The molecule has 0 aromatic rings. The molecule has 15 heavy (non-hydrogen) atoms. The molecule has 1 heterocycles. The molecule has 0 radical (unpaired) electrons.